The maximum absolute atomic E-state index is 11.7. The van der Waals surface area contributed by atoms with Crippen LogP contribution >= 0.6 is 0 Å². The average Bonchev–Trinajstić information content (AvgIpc) is 2.63. The predicted molar refractivity (Wildman–Crippen MR) is 58.0 cm³/mol. The van der Waals surface area contributed by atoms with E-state index in [9.17, 15) is 9.59 Å². The minimum Gasteiger partial charge on any atom is -0.480 e. The number of amides is 1. The lowest BCUT2D eigenvalue weighted by atomic mass is 9.76. The van der Waals surface area contributed by atoms with Crippen LogP contribution in [0.3, 0.4) is 0 Å². The molecule has 2 fully saturated rings. The summed E-state index contributed by atoms with van der Waals surface area (Å²) in [5.74, 6) is -1.03. The topological polar surface area (TPSA) is 78.4 Å². The van der Waals surface area contributed by atoms with Gasteiger partial charge in [0.1, 0.15) is 5.54 Å². The second kappa shape index (κ2) is 4.41. The van der Waals surface area contributed by atoms with E-state index < -0.39 is 11.5 Å². The van der Waals surface area contributed by atoms with Gasteiger partial charge < -0.3 is 15.7 Å². The minimum absolute atomic E-state index is 0.137. The number of nitrogens with one attached hydrogen (secondary N) is 2. The first-order valence-corrected chi connectivity index (χ1v) is 5.90. The molecule has 1 aliphatic heterocycles. The SMILES string of the molecule is O=C(CC1CCCN1)NC1(C(=O)O)CCC1. The first-order chi connectivity index (χ1) is 7.62. The van der Waals surface area contributed by atoms with E-state index >= 15 is 0 Å². The molecule has 0 aromatic heterocycles. The number of hydrogen-bond donors (Lipinski definition) is 3. The summed E-state index contributed by atoms with van der Waals surface area (Å²) in [6.45, 7) is 0.960. The summed E-state index contributed by atoms with van der Waals surface area (Å²) >= 11 is 0. The van der Waals surface area contributed by atoms with Gasteiger partial charge in [0.15, 0.2) is 0 Å². The summed E-state index contributed by atoms with van der Waals surface area (Å²) in [6, 6.07) is 0.228. The van der Waals surface area contributed by atoms with Gasteiger partial charge in [-0.15, -0.1) is 0 Å². The van der Waals surface area contributed by atoms with Crippen molar-refractivity contribution in [2.75, 3.05) is 6.54 Å². The van der Waals surface area contributed by atoms with Crippen molar-refractivity contribution in [2.24, 2.45) is 0 Å². The van der Waals surface area contributed by atoms with Gasteiger partial charge in [-0.25, -0.2) is 4.79 Å². The van der Waals surface area contributed by atoms with Gasteiger partial charge in [-0.05, 0) is 38.6 Å². The average molecular weight is 226 g/mol. The Kier molecular flexibility index (Phi) is 3.14. The van der Waals surface area contributed by atoms with E-state index in [2.05, 4.69) is 10.6 Å². The number of carbonyl (C=O) groups is 2. The molecular weight excluding hydrogens is 208 g/mol. The Labute approximate surface area is 94.6 Å². The minimum atomic E-state index is -0.963. The van der Waals surface area contributed by atoms with E-state index in [4.69, 9.17) is 5.11 Å². The highest BCUT2D eigenvalue weighted by atomic mass is 16.4. The third-order valence-electron chi connectivity index (χ3n) is 3.59. The van der Waals surface area contributed by atoms with Crippen molar-refractivity contribution in [3.05, 3.63) is 0 Å². The van der Waals surface area contributed by atoms with Crippen molar-refractivity contribution < 1.29 is 14.7 Å². The second-order valence-corrected chi connectivity index (χ2v) is 4.79. The molecule has 0 radical (unpaired) electrons. The van der Waals surface area contributed by atoms with Gasteiger partial charge in [0.25, 0.3) is 0 Å². The van der Waals surface area contributed by atoms with E-state index in [0.29, 0.717) is 19.3 Å². The maximum Gasteiger partial charge on any atom is 0.329 e. The zero-order chi connectivity index (χ0) is 11.6. The Bertz CT molecular complexity index is 294. The molecule has 1 saturated carbocycles. The molecule has 1 amide bonds. The highest BCUT2D eigenvalue weighted by Gasteiger charge is 2.45. The van der Waals surface area contributed by atoms with Crippen LogP contribution in [-0.4, -0.2) is 35.1 Å². The Morgan fingerprint density at radius 2 is 2.12 bits per heavy atom. The molecule has 16 heavy (non-hydrogen) atoms. The number of aliphatic carboxylic acids is 1. The molecule has 1 atom stereocenters. The highest BCUT2D eigenvalue weighted by Crippen LogP contribution is 2.32. The number of carboxylic acid groups (broad SMARTS) is 1. The first kappa shape index (κ1) is 11.4. The largest absolute Gasteiger partial charge is 0.480 e. The molecule has 2 aliphatic rings. The summed E-state index contributed by atoms with van der Waals surface area (Å²) < 4.78 is 0. The molecule has 1 unspecified atom stereocenters. The maximum atomic E-state index is 11.7. The summed E-state index contributed by atoms with van der Waals surface area (Å²) in [7, 11) is 0. The Morgan fingerprint density at radius 3 is 2.56 bits per heavy atom. The van der Waals surface area contributed by atoms with Crippen LogP contribution in [0.5, 0.6) is 0 Å². The summed E-state index contributed by atoms with van der Waals surface area (Å²) in [4.78, 5) is 22.7. The zero-order valence-electron chi connectivity index (χ0n) is 9.29. The van der Waals surface area contributed by atoms with Crippen molar-refractivity contribution in [2.45, 2.75) is 50.1 Å². The molecule has 0 bridgehead atoms. The molecule has 1 saturated heterocycles. The molecule has 0 spiro atoms. The summed E-state index contributed by atoms with van der Waals surface area (Å²) in [6.07, 6.45) is 4.51. The Morgan fingerprint density at radius 1 is 1.38 bits per heavy atom. The fourth-order valence-electron chi connectivity index (χ4n) is 2.40. The van der Waals surface area contributed by atoms with Gasteiger partial charge in [0.2, 0.25) is 5.91 Å². The number of rotatable bonds is 4. The van der Waals surface area contributed by atoms with E-state index in [0.717, 1.165) is 25.8 Å². The summed E-state index contributed by atoms with van der Waals surface area (Å²) in [5.41, 5.74) is -0.963. The first-order valence-electron chi connectivity index (χ1n) is 5.90. The molecular formula is C11H18N2O3. The molecule has 5 nitrogen and oxygen atoms in total. The zero-order valence-corrected chi connectivity index (χ0v) is 9.29. The molecule has 0 aromatic carbocycles. The van der Waals surface area contributed by atoms with Gasteiger partial charge in [-0.3, -0.25) is 4.79 Å². The normalized spacial score (nSPS) is 27.1. The molecule has 0 aromatic rings. The molecule has 1 aliphatic carbocycles. The number of carboxylic acids is 1. The van der Waals surface area contributed by atoms with Crippen molar-refractivity contribution in [3.63, 3.8) is 0 Å². The van der Waals surface area contributed by atoms with Crippen molar-refractivity contribution in [3.8, 4) is 0 Å². The van der Waals surface area contributed by atoms with Crippen LogP contribution in [0.1, 0.15) is 38.5 Å². The Balaban J connectivity index is 1.83. The molecule has 5 heteroatoms. The quantitative estimate of drug-likeness (QED) is 0.642. The highest BCUT2D eigenvalue weighted by molar-refractivity contribution is 5.88. The van der Waals surface area contributed by atoms with E-state index in [1.807, 2.05) is 0 Å². The lowest BCUT2D eigenvalue weighted by Crippen LogP contribution is -2.59. The van der Waals surface area contributed by atoms with Gasteiger partial charge >= 0.3 is 5.97 Å². The lowest BCUT2D eigenvalue weighted by molar-refractivity contribution is -0.151. The van der Waals surface area contributed by atoms with Crippen LogP contribution in [-0.2, 0) is 9.59 Å². The smallest absolute Gasteiger partial charge is 0.329 e. The number of carbonyl (C=O) groups excluding carboxylic acids is 1. The number of hydrogen-bond acceptors (Lipinski definition) is 3. The molecule has 3 N–H and O–H groups in total. The van der Waals surface area contributed by atoms with Crippen LogP contribution in [0, 0.1) is 0 Å². The fourth-order valence-corrected chi connectivity index (χ4v) is 2.40. The van der Waals surface area contributed by atoms with Crippen LogP contribution in [0.15, 0.2) is 0 Å². The standard InChI is InChI=1S/C11H18N2O3/c14-9(7-8-3-1-6-12-8)13-11(10(15)16)4-2-5-11/h8,12H,1-7H2,(H,13,14)(H,15,16). The molecule has 1 heterocycles. The van der Waals surface area contributed by atoms with Crippen LogP contribution in [0.4, 0.5) is 0 Å². The predicted octanol–water partition coefficient (Wildman–Crippen LogP) is 0.252. The van der Waals surface area contributed by atoms with Gasteiger partial charge in [-0.1, -0.05) is 0 Å². The van der Waals surface area contributed by atoms with E-state index in [-0.39, 0.29) is 11.9 Å². The van der Waals surface area contributed by atoms with E-state index in [1.165, 1.54) is 0 Å². The van der Waals surface area contributed by atoms with Crippen molar-refractivity contribution >= 4 is 11.9 Å². The van der Waals surface area contributed by atoms with Gasteiger partial charge in [-0.2, -0.15) is 0 Å². The fraction of sp³-hybridized carbons (Fsp3) is 0.818. The van der Waals surface area contributed by atoms with Gasteiger partial charge in [0.05, 0.1) is 0 Å². The third-order valence-corrected chi connectivity index (χ3v) is 3.59. The Hall–Kier alpha value is -1.10. The molecule has 2 rings (SSSR count). The summed E-state index contributed by atoms with van der Waals surface area (Å²) in [5, 5.41) is 15.0. The monoisotopic (exact) mass is 226 g/mol. The van der Waals surface area contributed by atoms with Crippen LogP contribution < -0.4 is 10.6 Å². The third kappa shape index (κ3) is 2.19. The van der Waals surface area contributed by atoms with Gasteiger partial charge in [0, 0.05) is 12.5 Å². The second-order valence-electron chi connectivity index (χ2n) is 4.79. The van der Waals surface area contributed by atoms with Crippen molar-refractivity contribution in [1.82, 2.24) is 10.6 Å². The van der Waals surface area contributed by atoms with Crippen LogP contribution in [0.2, 0.25) is 0 Å². The molecule has 90 valence electrons. The van der Waals surface area contributed by atoms with E-state index in [1.54, 1.807) is 0 Å². The van der Waals surface area contributed by atoms with Crippen molar-refractivity contribution in [1.29, 1.82) is 0 Å². The van der Waals surface area contributed by atoms with Crippen LogP contribution in [0.25, 0.3) is 0 Å². The lowest BCUT2D eigenvalue weighted by Gasteiger charge is -2.38.